The SMILES string of the molecule is Cc1cccc(OCCCCCN2CCCC2)c1. The van der Waals surface area contributed by atoms with Crippen LogP contribution in [0.15, 0.2) is 24.3 Å². The van der Waals surface area contributed by atoms with Crippen LogP contribution in [0.25, 0.3) is 0 Å². The summed E-state index contributed by atoms with van der Waals surface area (Å²) in [5, 5.41) is 0. The average molecular weight is 247 g/mol. The first kappa shape index (κ1) is 13.4. The molecule has 0 atom stereocenters. The smallest absolute Gasteiger partial charge is 0.119 e. The van der Waals surface area contributed by atoms with Gasteiger partial charge in [0, 0.05) is 0 Å². The molecule has 0 aliphatic carbocycles. The first-order valence-electron chi connectivity index (χ1n) is 7.26. The molecule has 1 heterocycles. The highest BCUT2D eigenvalue weighted by atomic mass is 16.5. The van der Waals surface area contributed by atoms with Gasteiger partial charge < -0.3 is 9.64 Å². The van der Waals surface area contributed by atoms with Gasteiger partial charge in [-0.2, -0.15) is 0 Å². The molecule has 0 unspecified atom stereocenters. The van der Waals surface area contributed by atoms with Gasteiger partial charge in [-0.1, -0.05) is 12.1 Å². The Labute approximate surface area is 111 Å². The van der Waals surface area contributed by atoms with E-state index < -0.39 is 0 Å². The highest BCUT2D eigenvalue weighted by Crippen LogP contribution is 2.13. The van der Waals surface area contributed by atoms with Crippen LogP contribution in [-0.2, 0) is 0 Å². The largest absolute Gasteiger partial charge is 0.494 e. The Morgan fingerprint density at radius 3 is 2.72 bits per heavy atom. The molecule has 100 valence electrons. The normalized spacial score (nSPS) is 16.1. The molecule has 1 aliphatic heterocycles. The van der Waals surface area contributed by atoms with Crippen LogP contribution in [0.5, 0.6) is 5.75 Å². The van der Waals surface area contributed by atoms with Gasteiger partial charge in [0.25, 0.3) is 0 Å². The van der Waals surface area contributed by atoms with Crippen LogP contribution in [-0.4, -0.2) is 31.1 Å². The molecule has 2 rings (SSSR count). The third kappa shape index (κ3) is 4.69. The van der Waals surface area contributed by atoms with Crippen molar-refractivity contribution in [2.75, 3.05) is 26.2 Å². The second kappa shape index (κ2) is 7.42. The van der Waals surface area contributed by atoms with Crippen LogP contribution < -0.4 is 4.74 Å². The molecule has 1 aromatic carbocycles. The van der Waals surface area contributed by atoms with E-state index in [9.17, 15) is 0 Å². The molecule has 0 radical (unpaired) electrons. The van der Waals surface area contributed by atoms with E-state index in [2.05, 4.69) is 30.0 Å². The first-order valence-corrected chi connectivity index (χ1v) is 7.26. The summed E-state index contributed by atoms with van der Waals surface area (Å²) in [5.41, 5.74) is 1.27. The zero-order chi connectivity index (χ0) is 12.6. The van der Waals surface area contributed by atoms with E-state index in [4.69, 9.17) is 4.74 Å². The Morgan fingerprint density at radius 1 is 1.11 bits per heavy atom. The Balaban J connectivity index is 1.50. The molecule has 18 heavy (non-hydrogen) atoms. The third-order valence-electron chi connectivity index (χ3n) is 3.58. The summed E-state index contributed by atoms with van der Waals surface area (Å²) >= 11 is 0. The minimum absolute atomic E-state index is 0.851. The summed E-state index contributed by atoms with van der Waals surface area (Å²) in [4.78, 5) is 2.58. The van der Waals surface area contributed by atoms with E-state index in [1.54, 1.807) is 0 Å². The first-order chi connectivity index (χ1) is 8.84. The number of ether oxygens (including phenoxy) is 1. The molecule has 1 aromatic rings. The Kier molecular flexibility index (Phi) is 5.53. The standard InChI is InChI=1S/C16H25NO/c1-15-8-7-9-16(14-15)18-13-6-2-3-10-17-11-4-5-12-17/h7-9,14H,2-6,10-13H2,1H3. The average Bonchev–Trinajstić information content (AvgIpc) is 2.87. The number of aryl methyl sites for hydroxylation is 1. The van der Waals surface area contributed by atoms with Crippen molar-refractivity contribution in [1.82, 2.24) is 4.90 Å². The van der Waals surface area contributed by atoms with Crippen molar-refractivity contribution in [2.45, 2.75) is 39.0 Å². The topological polar surface area (TPSA) is 12.5 Å². The lowest BCUT2D eigenvalue weighted by molar-refractivity contribution is 0.290. The zero-order valence-corrected chi connectivity index (χ0v) is 11.5. The van der Waals surface area contributed by atoms with Gasteiger partial charge in [-0.15, -0.1) is 0 Å². The maximum absolute atomic E-state index is 5.75. The molecular formula is C16H25NO. The fraction of sp³-hybridized carbons (Fsp3) is 0.625. The Morgan fingerprint density at radius 2 is 1.94 bits per heavy atom. The van der Waals surface area contributed by atoms with Crippen LogP contribution in [0, 0.1) is 6.92 Å². The lowest BCUT2D eigenvalue weighted by atomic mass is 10.2. The summed E-state index contributed by atoms with van der Waals surface area (Å²) < 4.78 is 5.75. The molecule has 0 aromatic heterocycles. The molecule has 1 aliphatic rings. The molecule has 0 amide bonds. The zero-order valence-electron chi connectivity index (χ0n) is 11.5. The highest BCUT2D eigenvalue weighted by molar-refractivity contribution is 5.27. The van der Waals surface area contributed by atoms with Gasteiger partial charge in [0.05, 0.1) is 6.61 Å². The predicted molar refractivity (Wildman–Crippen MR) is 76.2 cm³/mol. The summed E-state index contributed by atoms with van der Waals surface area (Å²) in [5.74, 6) is 1.01. The van der Waals surface area contributed by atoms with Gasteiger partial charge in [0.1, 0.15) is 5.75 Å². The number of likely N-dealkylation sites (tertiary alicyclic amines) is 1. The molecular weight excluding hydrogens is 222 g/mol. The van der Waals surface area contributed by atoms with Crippen molar-refractivity contribution in [2.24, 2.45) is 0 Å². The Bertz CT molecular complexity index is 345. The van der Waals surface area contributed by atoms with Crippen LogP contribution >= 0.6 is 0 Å². The number of hydrogen-bond acceptors (Lipinski definition) is 2. The fourth-order valence-electron chi connectivity index (χ4n) is 2.52. The lowest BCUT2D eigenvalue weighted by Crippen LogP contribution is -2.20. The predicted octanol–water partition coefficient (Wildman–Crippen LogP) is 3.64. The van der Waals surface area contributed by atoms with E-state index in [0.717, 1.165) is 12.4 Å². The molecule has 1 saturated heterocycles. The van der Waals surface area contributed by atoms with Crippen molar-refractivity contribution < 1.29 is 4.74 Å². The van der Waals surface area contributed by atoms with Crippen LogP contribution in [0.4, 0.5) is 0 Å². The highest BCUT2D eigenvalue weighted by Gasteiger charge is 2.09. The van der Waals surface area contributed by atoms with E-state index in [1.165, 1.54) is 57.3 Å². The van der Waals surface area contributed by atoms with Crippen molar-refractivity contribution in [3.05, 3.63) is 29.8 Å². The van der Waals surface area contributed by atoms with Gasteiger partial charge in [-0.25, -0.2) is 0 Å². The monoisotopic (exact) mass is 247 g/mol. The summed E-state index contributed by atoms with van der Waals surface area (Å²) in [6.07, 6.45) is 6.56. The van der Waals surface area contributed by atoms with Crippen molar-refractivity contribution in [1.29, 1.82) is 0 Å². The molecule has 2 heteroatoms. The lowest BCUT2D eigenvalue weighted by Gasteiger charge is -2.13. The number of unbranched alkanes of at least 4 members (excludes halogenated alkanes) is 2. The second-order valence-corrected chi connectivity index (χ2v) is 5.27. The van der Waals surface area contributed by atoms with Crippen molar-refractivity contribution in [3.8, 4) is 5.75 Å². The second-order valence-electron chi connectivity index (χ2n) is 5.27. The van der Waals surface area contributed by atoms with E-state index in [1.807, 2.05) is 6.07 Å². The maximum atomic E-state index is 5.75. The number of rotatable bonds is 7. The summed E-state index contributed by atoms with van der Waals surface area (Å²) in [6, 6.07) is 8.29. The number of nitrogens with zero attached hydrogens (tertiary/aromatic N) is 1. The van der Waals surface area contributed by atoms with Crippen molar-refractivity contribution in [3.63, 3.8) is 0 Å². The minimum atomic E-state index is 0.851. The molecule has 1 fully saturated rings. The molecule has 2 nitrogen and oxygen atoms in total. The molecule has 0 spiro atoms. The number of hydrogen-bond donors (Lipinski definition) is 0. The van der Waals surface area contributed by atoms with Crippen LogP contribution in [0.2, 0.25) is 0 Å². The molecule has 0 saturated carbocycles. The van der Waals surface area contributed by atoms with Crippen LogP contribution in [0.1, 0.15) is 37.7 Å². The van der Waals surface area contributed by atoms with Gasteiger partial charge >= 0.3 is 0 Å². The van der Waals surface area contributed by atoms with Gasteiger partial charge in [-0.05, 0) is 76.4 Å². The Hall–Kier alpha value is -1.02. The molecule has 0 N–H and O–H groups in total. The van der Waals surface area contributed by atoms with E-state index >= 15 is 0 Å². The quantitative estimate of drug-likeness (QED) is 0.682. The van der Waals surface area contributed by atoms with Crippen molar-refractivity contribution >= 4 is 0 Å². The van der Waals surface area contributed by atoms with E-state index in [-0.39, 0.29) is 0 Å². The van der Waals surface area contributed by atoms with Crippen LogP contribution in [0.3, 0.4) is 0 Å². The fourth-order valence-corrected chi connectivity index (χ4v) is 2.52. The molecule has 0 bridgehead atoms. The maximum Gasteiger partial charge on any atom is 0.119 e. The summed E-state index contributed by atoms with van der Waals surface area (Å²) in [7, 11) is 0. The van der Waals surface area contributed by atoms with Gasteiger partial charge in [-0.3, -0.25) is 0 Å². The van der Waals surface area contributed by atoms with E-state index in [0.29, 0.717) is 0 Å². The van der Waals surface area contributed by atoms with Gasteiger partial charge in [0.15, 0.2) is 0 Å². The van der Waals surface area contributed by atoms with Gasteiger partial charge in [0.2, 0.25) is 0 Å². The minimum Gasteiger partial charge on any atom is -0.494 e. The third-order valence-corrected chi connectivity index (χ3v) is 3.58. The number of benzene rings is 1. The summed E-state index contributed by atoms with van der Waals surface area (Å²) in [6.45, 7) is 6.87.